The van der Waals surface area contributed by atoms with Gasteiger partial charge in [-0.1, -0.05) is 47.5 Å². The number of nitrogens with two attached hydrogens (primary N) is 4. The molecule has 8 rings (SSSR count). The fourth-order valence-corrected chi connectivity index (χ4v) is 8.04. The third-order valence-corrected chi connectivity index (χ3v) is 11.1. The second-order valence-electron chi connectivity index (χ2n) is 16.9. The summed E-state index contributed by atoms with van der Waals surface area (Å²) in [6.45, 7) is 8.80. The van der Waals surface area contributed by atoms with E-state index in [1.807, 2.05) is 27.7 Å². The summed E-state index contributed by atoms with van der Waals surface area (Å²) in [5, 5.41) is 8.36. The van der Waals surface area contributed by atoms with Crippen molar-refractivity contribution in [1.82, 2.24) is 39.5 Å². The van der Waals surface area contributed by atoms with Crippen molar-refractivity contribution in [3.05, 3.63) is 155 Å². The summed E-state index contributed by atoms with van der Waals surface area (Å²) < 4.78 is 2.44. The number of anilines is 2. The Hall–Kier alpha value is -8.49. The number of carbonyl (C=O) groups excluding carboxylic acids is 6. The monoisotopic (exact) mass is 982 g/mol. The summed E-state index contributed by atoms with van der Waals surface area (Å²) in [5.41, 5.74) is 16.0. The number of hydrogen-bond acceptors (Lipinski definition) is 13. The summed E-state index contributed by atoms with van der Waals surface area (Å²) in [6.07, 6.45) is 9.50. The van der Waals surface area contributed by atoms with Crippen LogP contribution in [0.1, 0.15) is 119 Å². The van der Waals surface area contributed by atoms with E-state index in [1.165, 1.54) is 15.4 Å². The van der Waals surface area contributed by atoms with E-state index in [4.69, 9.17) is 34.8 Å². The normalized spacial score (nSPS) is 14.7. The van der Waals surface area contributed by atoms with E-state index in [1.54, 1.807) is 108 Å². The number of nitrogens with one attached hydrogen (secondary N) is 3. The number of halogens is 1. The fourth-order valence-electron chi connectivity index (χ4n) is 7.82. The molecule has 2 aromatic carbocycles. The minimum atomic E-state index is -0.738. The minimum absolute atomic E-state index is 0.0183. The number of benzene rings is 2. The third kappa shape index (κ3) is 13.2. The van der Waals surface area contributed by atoms with Gasteiger partial charge in [0, 0.05) is 47.3 Å². The Morgan fingerprint density at radius 1 is 0.648 bits per heavy atom. The molecular formula is C50H55ClN14O6. The summed E-state index contributed by atoms with van der Waals surface area (Å²) in [5.74, 6) is 12.1. The Kier molecular flexibility index (Phi) is 17.3. The van der Waals surface area contributed by atoms with Gasteiger partial charge in [0.25, 0.3) is 23.6 Å². The first-order valence-electron chi connectivity index (χ1n) is 22.5. The SMILES string of the molecule is CC(C)=CC(=O)Cl.CC(C)=CC(=O)N1CCC[C@H]1c1nc(-c2ccc(C(=O)Nc3ccccn3)cc2)c(C(N)=O)n1N.NC(=O)c1c(-c2ccc(C(=O)Nc3ccccn3)cc2)nc([C@@H]2CCCN2)n1N. The lowest BCUT2D eigenvalue weighted by molar-refractivity contribution is -0.127. The highest BCUT2D eigenvalue weighted by atomic mass is 35.5. The van der Waals surface area contributed by atoms with Crippen LogP contribution in [0.25, 0.3) is 22.5 Å². The van der Waals surface area contributed by atoms with Crippen LogP contribution in [0.4, 0.5) is 11.6 Å². The second-order valence-corrected chi connectivity index (χ2v) is 17.3. The van der Waals surface area contributed by atoms with E-state index in [-0.39, 0.29) is 41.2 Å². The Balaban J connectivity index is 0.000000208. The van der Waals surface area contributed by atoms with Crippen LogP contribution < -0.4 is 39.1 Å². The van der Waals surface area contributed by atoms with Crippen LogP contribution in [-0.4, -0.2) is 82.1 Å². The standard InChI is InChI=1S/C25H27N7O3.C20H21N7O2.C5H7ClO/c1-15(2)14-20(33)31-13-5-6-18(31)24-30-21(22(23(26)34)32(24)27)16-8-10-17(11-9-16)25(35)29-19-7-3-4-12-28-19;21-18(28)17-16(26-19(27(17)22)14-4-3-11-23-14)12-6-8-13(9-7-12)20(29)25-15-5-1-2-10-24-15;1-4(2)3-5(6)7/h3-4,7-12,14,18H,5-6,13,27H2,1-2H3,(H2,26,34)(H,28,29,35);1-2,5-10,14,23H,3-4,11,22H2,(H2,21,28)(H,24,25,29);3H,1-2H3/t18-;14-;/m00./s1. The zero-order valence-electron chi connectivity index (χ0n) is 39.6. The van der Waals surface area contributed by atoms with Gasteiger partial charge >= 0.3 is 0 Å². The summed E-state index contributed by atoms with van der Waals surface area (Å²) in [4.78, 5) is 91.0. The molecule has 368 valence electrons. The number of rotatable bonds is 12. The van der Waals surface area contributed by atoms with Gasteiger partial charge in [-0.05, 0) is 126 Å². The molecule has 5 amide bonds. The molecule has 20 nitrogen and oxygen atoms in total. The number of hydrogen-bond donors (Lipinski definition) is 7. The first-order chi connectivity index (χ1) is 33.9. The topological polar surface area (TPSA) is 307 Å². The zero-order chi connectivity index (χ0) is 51.4. The summed E-state index contributed by atoms with van der Waals surface area (Å²) in [7, 11) is 0. The largest absolute Gasteiger partial charge is 0.364 e. The molecule has 6 heterocycles. The number of nitrogen functional groups attached to an aromatic ring is 2. The molecule has 0 spiro atoms. The average Bonchev–Trinajstić information content (AvgIpc) is 4.16. The Bertz CT molecular complexity index is 2960. The molecule has 2 aliphatic heterocycles. The first-order valence-corrected chi connectivity index (χ1v) is 22.8. The number of aromatic nitrogens is 6. The maximum Gasteiger partial charge on any atom is 0.269 e. The molecule has 21 heteroatoms. The fraction of sp³-hybridized carbons (Fsp3) is 0.240. The molecule has 0 radical (unpaired) electrons. The number of imidazole rings is 2. The van der Waals surface area contributed by atoms with Crippen LogP contribution in [0.5, 0.6) is 0 Å². The number of pyridine rings is 2. The third-order valence-electron chi connectivity index (χ3n) is 11.0. The number of likely N-dealkylation sites (tertiary alicyclic amines) is 1. The van der Waals surface area contributed by atoms with Gasteiger partial charge < -0.3 is 44.0 Å². The van der Waals surface area contributed by atoms with Gasteiger partial charge in [-0.2, -0.15) is 0 Å². The van der Waals surface area contributed by atoms with Crippen LogP contribution in [0.15, 0.2) is 121 Å². The summed E-state index contributed by atoms with van der Waals surface area (Å²) >= 11 is 4.96. The van der Waals surface area contributed by atoms with Crippen molar-refractivity contribution in [2.45, 2.75) is 65.5 Å². The molecule has 2 fully saturated rings. The molecular weight excluding hydrogens is 928 g/mol. The lowest BCUT2D eigenvalue weighted by Gasteiger charge is -2.23. The van der Waals surface area contributed by atoms with Crippen LogP contribution in [0, 0.1) is 0 Å². The van der Waals surface area contributed by atoms with Crippen molar-refractivity contribution >= 4 is 58.0 Å². The number of primary amides is 2. The van der Waals surface area contributed by atoms with E-state index >= 15 is 0 Å². The van der Waals surface area contributed by atoms with Crippen molar-refractivity contribution in [2.75, 3.05) is 35.4 Å². The number of amides is 5. The van der Waals surface area contributed by atoms with E-state index in [9.17, 15) is 28.8 Å². The average molecular weight is 984 g/mol. The molecule has 0 unspecified atom stereocenters. The van der Waals surface area contributed by atoms with Crippen molar-refractivity contribution in [3.63, 3.8) is 0 Å². The van der Waals surface area contributed by atoms with Gasteiger partial charge in [-0.15, -0.1) is 0 Å². The summed E-state index contributed by atoms with van der Waals surface area (Å²) in [6, 6.07) is 23.4. The van der Waals surface area contributed by atoms with E-state index < -0.39 is 17.1 Å². The van der Waals surface area contributed by atoms with Gasteiger partial charge in [-0.25, -0.2) is 29.3 Å². The Morgan fingerprint density at radius 3 is 1.52 bits per heavy atom. The van der Waals surface area contributed by atoms with Crippen molar-refractivity contribution in [1.29, 1.82) is 0 Å². The zero-order valence-corrected chi connectivity index (χ0v) is 40.3. The molecule has 2 aliphatic rings. The molecule has 6 aromatic rings. The predicted octanol–water partition coefficient (Wildman–Crippen LogP) is 5.79. The molecule has 71 heavy (non-hydrogen) atoms. The highest BCUT2D eigenvalue weighted by molar-refractivity contribution is 6.66. The maximum atomic E-state index is 12.7. The minimum Gasteiger partial charge on any atom is -0.364 e. The molecule has 0 aliphatic carbocycles. The maximum absolute atomic E-state index is 12.7. The van der Waals surface area contributed by atoms with Gasteiger partial charge in [0.1, 0.15) is 28.8 Å². The van der Waals surface area contributed by atoms with E-state index in [0.29, 0.717) is 69.9 Å². The van der Waals surface area contributed by atoms with Gasteiger partial charge in [0.05, 0.1) is 12.1 Å². The van der Waals surface area contributed by atoms with Crippen LogP contribution >= 0.6 is 11.6 Å². The highest BCUT2D eigenvalue weighted by Gasteiger charge is 2.35. The van der Waals surface area contributed by atoms with Gasteiger partial charge in [0.2, 0.25) is 11.1 Å². The molecule has 11 N–H and O–H groups in total. The predicted molar refractivity (Wildman–Crippen MR) is 270 cm³/mol. The lowest BCUT2D eigenvalue weighted by atomic mass is 10.1. The number of carbonyl (C=O) groups is 6. The van der Waals surface area contributed by atoms with Crippen LogP contribution in [0.3, 0.4) is 0 Å². The number of nitrogens with zero attached hydrogens (tertiary/aromatic N) is 7. The molecule has 2 atom stereocenters. The van der Waals surface area contributed by atoms with Gasteiger partial charge in [-0.3, -0.25) is 28.8 Å². The van der Waals surface area contributed by atoms with Crippen molar-refractivity contribution in [3.8, 4) is 22.5 Å². The number of allylic oxidation sites excluding steroid dienone is 3. The first kappa shape index (κ1) is 51.9. The van der Waals surface area contributed by atoms with Crippen molar-refractivity contribution < 1.29 is 28.8 Å². The molecule has 2 saturated heterocycles. The smallest absolute Gasteiger partial charge is 0.269 e. The molecule has 4 aromatic heterocycles. The van der Waals surface area contributed by atoms with Crippen LogP contribution in [0.2, 0.25) is 0 Å². The Morgan fingerprint density at radius 2 is 1.13 bits per heavy atom. The Labute approximate surface area is 414 Å². The molecule has 0 bridgehead atoms. The second kappa shape index (κ2) is 23.7. The highest BCUT2D eigenvalue weighted by Crippen LogP contribution is 2.35. The van der Waals surface area contributed by atoms with Gasteiger partial charge in [0.15, 0.2) is 17.2 Å². The molecule has 0 saturated carbocycles. The lowest BCUT2D eigenvalue weighted by Crippen LogP contribution is -2.33. The van der Waals surface area contributed by atoms with E-state index in [0.717, 1.165) is 37.0 Å². The van der Waals surface area contributed by atoms with E-state index in [2.05, 4.69) is 35.9 Å². The van der Waals surface area contributed by atoms with Crippen LogP contribution in [-0.2, 0) is 9.59 Å². The van der Waals surface area contributed by atoms with Crippen molar-refractivity contribution in [2.24, 2.45) is 11.5 Å². The quantitative estimate of drug-likeness (QED) is 0.0434.